The van der Waals surface area contributed by atoms with Gasteiger partial charge in [0.1, 0.15) is 5.75 Å². The fourth-order valence-corrected chi connectivity index (χ4v) is 4.08. The van der Waals surface area contributed by atoms with Crippen LogP contribution in [0, 0.1) is 0 Å². The number of hydrogen-bond acceptors (Lipinski definition) is 3. The molecule has 0 aliphatic carbocycles. The highest BCUT2D eigenvalue weighted by molar-refractivity contribution is 5.73. The summed E-state index contributed by atoms with van der Waals surface area (Å²) in [6, 6.07) is 16.9. The van der Waals surface area contributed by atoms with Gasteiger partial charge in [-0.1, -0.05) is 108 Å². The lowest BCUT2D eigenvalue weighted by Gasteiger charge is -2.12. The van der Waals surface area contributed by atoms with Crippen LogP contribution < -0.4 is 4.74 Å². The summed E-state index contributed by atoms with van der Waals surface area (Å²) in [6.07, 6.45) is 17.5. The van der Waals surface area contributed by atoms with Crippen LogP contribution in [-0.4, -0.2) is 16.6 Å². The molecule has 0 radical (unpaired) electrons. The zero-order valence-corrected chi connectivity index (χ0v) is 20.6. The average Bonchev–Trinajstić information content (AvgIpc) is 2.87. The number of hydrogen-bond donors (Lipinski definition) is 0. The quantitative estimate of drug-likeness (QED) is 0.220. The molecule has 3 heteroatoms. The Balaban J connectivity index is 1.57. The van der Waals surface area contributed by atoms with Crippen molar-refractivity contribution in [2.45, 2.75) is 84.5 Å². The van der Waals surface area contributed by atoms with Crippen molar-refractivity contribution in [3.05, 3.63) is 66.6 Å². The average molecular weight is 445 g/mol. The molecule has 3 nitrogen and oxygen atoms in total. The molecule has 1 aromatic heterocycles. The summed E-state index contributed by atoms with van der Waals surface area (Å²) in [7, 11) is 0. The molecule has 176 valence electrons. The van der Waals surface area contributed by atoms with Crippen LogP contribution >= 0.6 is 0 Å². The Kier molecular flexibility index (Phi) is 10.9. The molecule has 0 aliphatic rings. The molecule has 0 amide bonds. The predicted molar refractivity (Wildman–Crippen MR) is 140 cm³/mol. The molecule has 3 rings (SSSR count). The molecule has 0 saturated carbocycles. The molecule has 0 fully saturated rings. The van der Waals surface area contributed by atoms with Crippen molar-refractivity contribution in [1.29, 1.82) is 0 Å². The van der Waals surface area contributed by atoms with Crippen molar-refractivity contribution in [1.82, 2.24) is 9.97 Å². The maximum absolute atomic E-state index is 6.13. The molecule has 0 N–H and O–H groups in total. The van der Waals surface area contributed by atoms with Gasteiger partial charge in [-0.3, -0.25) is 9.97 Å². The van der Waals surface area contributed by atoms with Gasteiger partial charge in [0.15, 0.2) is 0 Å². The summed E-state index contributed by atoms with van der Waals surface area (Å²) >= 11 is 0. The van der Waals surface area contributed by atoms with Gasteiger partial charge in [0.05, 0.1) is 24.2 Å². The Hall–Kier alpha value is -2.68. The zero-order valence-electron chi connectivity index (χ0n) is 20.6. The SMILES string of the molecule is CCCCCCCOc1ccccc1-c1ccc(-c2cnc(CCCCCCC)cn2)cc1. The predicted octanol–water partition coefficient (Wildman–Crippen LogP) is 8.67. The first-order valence-electron chi connectivity index (χ1n) is 13.0. The second-order valence-corrected chi connectivity index (χ2v) is 8.89. The van der Waals surface area contributed by atoms with Crippen molar-refractivity contribution in [3.8, 4) is 28.1 Å². The fraction of sp³-hybridized carbons (Fsp3) is 0.467. The highest BCUT2D eigenvalue weighted by Gasteiger charge is 2.07. The zero-order chi connectivity index (χ0) is 23.1. The number of rotatable bonds is 15. The molecule has 0 unspecified atom stereocenters. The van der Waals surface area contributed by atoms with Gasteiger partial charge in [0, 0.05) is 17.3 Å². The van der Waals surface area contributed by atoms with Gasteiger partial charge in [-0.15, -0.1) is 0 Å². The van der Waals surface area contributed by atoms with Crippen molar-refractivity contribution >= 4 is 0 Å². The smallest absolute Gasteiger partial charge is 0.127 e. The minimum absolute atomic E-state index is 0.777. The molecule has 2 aromatic carbocycles. The summed E-state index contributed by atoms with van der Waals surface area (Å²) in [5.41, 5.74) is 5.41. The number of ether oxygens (including phenoxy) is 1. The van der Waals surface area contributed by atoms with E-state index in [1.54, 1.807) is 0 Å². The molecule has 3 aromatic rings. The summed E-state index contributed by atoms with van der Waals surface area (Å²) in [4.78, 5) is 9.31. The molecular formula is C30H40N2O. The van der Waals surface area contributed by atoms with E-state index in [1.807, 2.05) is 18.5 Å². The second-order valence-electron chi connectivity index (χ2n) is 8.89. The molecule has 0 aliphatic heterocycles. The van der Waals surface area contributed by atoms with Gasteiger partial charge in [-0.25, -0.2) is 0 Å². The Morgan fingerprint density at radius 1 is 0.636 bits per heavy atom. The Labute approximate surface area is 200 Å². The molecule has 0 bridgehead atoms. The van der Waals surface area contributed by atoms with Crippen LogP contribution in [0.5, 0.6) is 5.75 Å². The van der Waals surface area contributed by atoms with E-state index in [2.05, 4.69) is 66.3 Å². The third-order valence-electron chi connectivity index (χ3n) is 6.13. The van der Waals surface area contributed by atoms with E-state index < -0.39 is 0 Å². The van der Waals surface area contributed by atoms with Gasteiger partial charge in [-0.05, 0) is 30.9 Å². The number of unbranched alkanes of at least 4 members (excludes halogenated alkanes) is 8. The maximum atomic E-state index is 6.13. The normalized spacial score (nSPS) is 11.0. The first kappa shape index (κ1) is 25.0. The maximum Gasteiger partial charge on any atom is 0.127 e. The van der Waals surface area contributed by atoms with Crippen LogP contribution in [0.2, 0.25) is 0 Å². The van der Waals surface area contributed by atoms with Crippen molar-refractivity contribution < 1.29 is 4.74 Å². The molecule has 0 atom stereocenters. The summed E-state index contributed by atoms with van der Waals surface area (Å²) in [6.45, 7) is 5.27. The van der Waals surface area contributed by atoms with Crippen LogP contribution in [0.15, 0.2) is 60.9 Å². The van der Waals surface area contributed by atoms with Crippen LogP contribution in [0.1, 0.15) is 83.7 Å². The van der Waals surface area contributed by atoms with E-state index in [9.17, 15) is 0 Å². The lowest BCUT2D eigenvalue weighted by molar-refractivity contribution is 0.306. The molecule has 33 heavy (non-hydrogen) atoms. The minimum atomic E-state index is 0.777. The third kappa shape index (κ3) is 8.31. The molecule has 1 heterocycles. The largest absolute Gasteiger partial charge is 0.493 e. The standard InChI is InChI=1S/C30H40N2O/c1-3-5-7-9-11-15-27-23-32-29(24-31-27)26-20-18-25(19-21-26)28-16-12-13-17-30(28)33-22-14-10-8-6-4-2/h12-13,16-21,23-24H,3-11,14-15,22H2,1-2H3. The van der Waals surface area contributed by atoms with Crippen molar-refractivity contribution in [2.24, 2.45) is 0 Å². The second kappa shape index (κ2) is 14.5. The summed E-state index contributed by atoms with van der Waals surface area (Å²) in [5, 5.41) is 0. The third-order valence-corrected chi connectivity index (χ3v) is 6.13. The van der Waals surface area contributed by atoms with Crippen LogP contribution in [-0.2, 0) is 6.42 Å². The Morgan fingerprint density at radius 2 is 1.30 bits per heavy atom. The summed E-state index contributed by atoms with van der Waals surface area (Å²) < 4.78 is 6.13. The minimum Gasteiger partial charge on any atom is -0.493 e. The van der Waals surface area contributed by atoms with Gasteiger partial charge >= 0.3 is 0 Å². The van der Waals surface area contributed by atoms with Crippen LogP contribution in [0.25, 0.3) is 22.4 Å². The van der Waals surface area contributed by atoms with Crippen LogP contribution in [0.3, 0.4) is 0 Å². The van der Waals surface area contributed by atoms with E-state index in [-0.39, 0.29) is 0 Å². The van der Waals surface area contributed by atoms with Gasteiger partial charge in [0.25, 0.3) is 0 Å². The number of para-hydroxylation sites is 1. The lowest BCUT2D eigenvalue weighted by Crippen LogP contribution is -1.99. The van der Waals surface area contributed by atoms with E-state index in [4.69, 9.17) is 4.74 Å². The Morgan fingerprint density at radius 3 is 2.00 bits per heavy atom. The highest BCUT2D eigenvalue weighted by Crippen LogP contribution is 2.31. The number of nitrogens with zero attached hydrogens (tertiary/aromatic N) is 2. The van der Waals surface area contributed by atoms with Gasteiger partial charge in [0.2, 0.25) is 0 Å². The number of benzene rings is 2. The van der Waals surface area contributed by atoms with Crippen molar-refractivity contribution in [3.63, 3.8) is 0 Å². The molecular weight excluding hydrogens is 404 g/mol. The monoisotopic (exact) mass is 444 g/mol. The molecule has 0 spiro atoms. The Bertz CT molecular complexity index is 919. The van der Waals surface area contributed by atoms with E-state index in [0.29, 0.717) is 0 Å². The number of aryl methyl sites for hydroxylation is 1. The van der Waals surface area contributed by atoms with Gasteiger partial charge in [-0.2, -0.15) is 0 Å². The first-order valence-corrected chi connectivity index (χ1v) is 13.0. The highest BCUT2D eigenvalue weighted by atomic mass is 16.5. The first-order chi connectivity index (χ1) is 16.3. The topological polar surface area (TPSA) is 35.0 Å². The van der Waals surface area contributed by atoms with Gasteiger partial charge < -0.3 is 4.74 Å². The summed E-state index contributed by atoms with van der Waals surface area (Å²) in [5.74, 6) is 0.962. The number of aromatic nitrogens is 2. The van der Waals surface area contributed by atoms with E-state index in [1.165, 1.54) is 57.8 Å². The van der Waals surface area contributed by atoms with Crippen LogP contribution in [0.4, 0.5) is 0 Å². The van der Waals surface area contributed by atoms with E-state index in [0.717, 1.165) is 53.3 Å². The molecule has 0 saturated heterocycles. The fourth-order valence-electron chi connectivity index (χ4n) is 4.08. The lowest BCUT2D eigenvalue weighted by atomic mass is 10.0. The van der Waals surface area contributed by atoms with E-state index >= 15 is 0 Å². The van der Waals surface area contributed by atoms with Crippen molar-refractivity contribution in [2.75, 3.05) is 6.61 Å².